The van der Waals surface area contributed by atoms with E-state index in [4.69, 9.17) is 0 Å². The van der Waals surface area contributed by atoms with Gasteiger partial charge < -0.3 is 10.6 Å². The van der Waals surface area contributed by atoms with Gasteiger partial charge in [-0.15, -0.1) is 23.1 Å². The van der Waals surface area contributed by atoms with E-state index in [1.807, 2.05) is 61.7 Å². The van der Waals surface area contributed by atoms with Gasteiger partial charge in [0.15, 0.2) is 0 Å². The Balaban J connectivity index is 2.23. The Labute approximate surface area is 197 Å². The fraction of sp³-hybridized carbons (Fsp3) is 0.435. The third-order valence-corrected chi connectivity index (χ3v) is 7.31. The number of rotatable bonds is 12. The molecule has 0 aliphatic rings. The lowest BCUT2D eigenvalue weighted by Gasteiger charge is -2.28. The van der Waals surface area contributed by atoms with E-state index >= 15 is 0 Å². The second kappa shape index (κ2) is 13.2. The summed E-state index contributed by atoms with van der Waals surface area (Å²) < 4.78 is 1.02. The summed E-state index contributed by atoms with van der Waals surface area (Å²) in [5, 5.41) is 16.7. The summed E-state index contributed by atoms with van der Waals surface area (Å²) in [6.07, 6.45) is 0.780. The van der Waals surface area contributed by atoms with Crippen LogP contribution in [0.3, 0.4) is 0 Å². The van der Waals surface area contributed by atoms with E-state index in [1.54, 1.807) is 16.8 Å². The number of benzene rings is 1. The fourth-order valence-corrected chi connectivity index (χ4v) is 5.44. The molecule has 3 atom stereocenters. The van der Waals surface area contributed by atoms with Gasteiger partial charge in [0.1, 0.15) is 6.04 Å². The molecule has 4 N–H and O–H groups in total. The van der Waals surface area contributed by atoms with Crippen LogP contribution in [0.25, 0.3) is 0 Å². The van der Waals surface area contributed by atoms with Crippen molar-refractivity contribution in [2.75, 3.05) is 12.8 Å². The maximum atomic E-state index is 13.4. The summed E-state index contributed by atoms with van der Waals surface area (Å²) in [6, 6.07) is 12.5. The first-order valence-corrected chi connectivity index (χ1v) is 12.4. The largest absolute Gasteiger partial charge is 0.357 e. The smallest absolute Gasteiger partial charge is 0.248 e. The normalized spacial score (nSPS) is 13.8. The van der Waals surface area contributed by atoms with Crippen molar-refractivity contribution in [3.8, 4) is 0 Å². The number of thioether (sulfide) groups is 1. The van der Waals surface area contributed by atoms with E-state index in [0.717, 1.165) is 9.77 Å². The zero-order valence-electron chi connectivity index (χ0n) is 18.5. The molecule has 0 spiro atoms. The number of carbonyl (C=O) groups excluding carboxylic acids is 3. The highest BCUT2D eigenvalue weighted by Gasteiger charge is 2.36. The van der Waals surface area contributed by atoms with Crippen LogP contribution in [0, 0.1) is 17.8 Å². The molecule has 3 amide bonds. The molecule has 1 heterocycles. The molecule has 1 aromatic heterocycles. The maximum absolute atomic E-state index is 13.4. The van der Waals surface area contributed by atoms with Crippen molar-refractivity contribution < 1.29 is 19.6 Å². The van der Waals surface area contributed by atoms with E-state index in [0.29, 0.717) is 18.6 Å². The van der Waals surface area contributed by atoms with Gasteiger partial charge in [0, 0.05) is 19.2 Å². The van der Waals surface area contributed by atoms with Crippen molar-refractivity contribution in [3.05, 3.63) is 53.4 Å². The highest BCUT2D eigenvalue weighted by atomic mass is 32.2. The van der Waals surface area contributed by atoms with Crippen LogP contribution in [0.2, 0.25) is 0 Å². The minimum atomic E-state index is -0.771. The van der Waals surface area contributed by atoms with Gasteiger partial charge in [0.05, 0.1) is 16.0 Å². The van der Waals surface area contributed by atoms with E-state index < -0.39 is 23.8 Å². The molecule has 32 heavy (non-hydrogen) atoms. The topological polar surface area (TPSA) is 108 Å². The van der Waals surface area contributed by atoms with Crippen molar-refractivity contribution in [2.24, 2.45) is 17.8 Å². The van der Waals surface area contributed by atoms with Crippen molar-refractivity contribution in [2.45, 2.75) is 36.9 Å². The monoisotopic (exact) mass is 477 g/mol. The highest BCUT2D eigenvalue weighted by molar-refractivity contribution is 8.01. The van der Waals surface area contributed by atoms with Gasteiger partial charge in [0.2, 0.25) is 17.7 Å². The number of hydrogen-bond donors (Lipinski definition) is 4. The number of likely N-dealkylation sites (N-methyl/N-ethyl adjacent to an activating group) is 1. The molecular formula is C23H31N3O4S2. The third-order valence-electron chi connectivity index (χ3n) is 5.06. The van der Waals surface area contributed by atoms with Crippen molar-refractivity contribution in [3.63, 3.8) is 0 Å². The van der Waals surface area contributed by atoms with E-state index in [1.165, 1.54) is 18.8 Å². The number of hydrogen-bond acceptors (Lipinski definition) is 6. The molecule has 0 saturated heterocycles. The molecule has 0 aliphatic carbocycles. The summed E-state index contributed by atoms with van der Waals surface area (Å²) in [5.41, 5.74) is 2.64. The van der Waals surface area contributed by atoms with Crippen molar-refractivity contribution >= 4 is 40.8 Å². The fourth-order valence-electron chi connectivity index (χ4n) is 3.45. The quantitative estimate of drug-likeness (QED) is 0.213. The molecule has 9 heteroatoms. The molecule has 1 aromatic carbocycles. The molecule has 0 saturated carbocycles. The zero-order valence-corrected chi connectivity index (χ0v) is 20.2. The van der Waals surface area contributed by atoms with Crippen molar-refractivity contribution in [1.29, 1.82) is 0 Å². The van der Waals surface area contributed by atoms with Crippen LogP contribution >= 0.6 is 23.1 Å². The van der Waals surface area contributed by atoms with Crippen LogP contribution in [0.15, 0.2) is 52.1 Å². The van der Waals surface area contributed by atoms with Crippen LogP contribution in [-0.2, 0) is 20.8 Å². The first kappa shape index (κ1) is 25.9. The first-order chi connectivity index (χ1) is 15.3. The number of thiophene rings is 1. The van der Waals surface area contributed by atoms with E-state index in [2.05, 4.69) is 10.6 Å². The number of hydroxylamine groups is 1. The van der Waals surface area contributed by atoms with Gasteiger partial charge in [-0.25, -0.2) is 5.48 Å². The van der Waals surface area contributed by atoms with E-state index in [9.17, 15) is 19.6 Å². The summed E-state index contributed by atoms with van der Waals surface area (Å²) in [5.74, 6) is -2.26. The Kier molecular flexibility index (Phi) is 10.7. The number of carbonyl (C=O) groups is 3. The summed E-state index contributed by atoms with van der Waals surface area (Å²) >= 11 is 3.02. The average Bonchev–Trinajstić information content (AvgIpc) is 3.31. The predicted octanol–water partition coefficient (Wildman–Crippen LogP) is 3.10. The summed E-state index contributed by atoms with van der Waals surface area (Å²) in [4.78, 5) is 38.4. The second-order valence-electron chi connectivity index (χ2n) is 7.93. The lowest BCUT2D eigenvalue weighted by molar-refractivity contribution is -0.140. The number of amides is 3. The van der Waals surface area contributed by atoms with Gasteiger partial charge in [-0.3, -0.25) is 19.6 Å². The number of nitrogens with one attached hydrogen (secondary N) is 3. The molecular weight excluding hydrogens is 446 g/mol. The minimum Gasteiger partial charge on any atom is -0.357 e. The standard InChI is InChI=1S/C23H31N3O4S2/c1-15(2)12-17(18(22(28)26-30)14-32-20-10-7-11-31-20)21(27)25-19(23(29)24-3)13-16-8-5-4-6-9-16/h4-11,15,17-19,30H,12-14H2,1-3H3,(H,24,29)(H,25,27)(H,26,28)/t17?,18-,19-/m1/s1. The minimum absolute atomic E-state index is 0.138. The first-order valence-electron chi connectivity index (χ1n) is 10.5. The SMILES string of the molecule is CNC(=O)[C@@H](Cc1ccccc1)NC(=O)C(CC(C)C)[C@@H](CSc1cccs1)C(=O)NO. The van der Waals surface area contributed by atoms with Gasteiger partial charge in [0.25, 0.3) is 0 Å². The molecule has 0 aliphatic heterocycles. The van der Waals surface area contributed by atoms with Gasteiger partial charge in [-0.1, -0.05) is 50.2 Å². The lowest BCUT2D eigenvalue weighted by atomic mass is 9.84. The molecule has 0 bridgehead atoms. The lowest BCUT2D eigenvalue weighted by Crippen LogP contribution is -2.51. The van der Waals surface area contributed by atoms with Crippen LogP contribution in [-0.4, -0.2) is 41.8 Å². The van der Waals surface area contributed by atoms with Gasteiger partial charge in [-0.05, 0) is 29.3 Å². The second-order valence-corrected chi connectivity index (χ2v) is 10.2. The molecule has 0 fully saturated rings. The molecule has 174 valence electrons. The van der Waals surface area contributed by atoms with Crippen LogP contribution in [0.4, 0.5) is 0 Å². The van der Waals surface area contributed by atoms with Crippen LogP contribution < -0.4 is 16.1 Å². The van der Waals surface area contributed by atoms with Gasteiger partial charge >= 0.3 is 0 Å². The van der Waals surface area contributed by atoms with E-state index in [-0.39, 0.29) is 17.7 Å². The molecule has 1 unspecified atom stereocenters. The van der Waals surface area contributed by atoms with Gasteiger partial charge in [-0.2, -0.15) is 0 Å². The predicted molar refractivity (Wildman–Crippen MR) is 128 cm³/mol. The molecule has 0 radical (unpaired) electrons. The highest BCUT2D eigenvalue weighted by Crippen LogP contribution is 2.31. The third kappa shape index (κ3) is 7.96. The Bertz CT molecular complexity index is 859. The molecule has 2 rings (SSSR count). The summed E-state index contributed by atoms with van der Waals surface area (Å²) in [7, 11) is 1.53. The maximum Gasteiger partial charge on any atom is 0.248 e. The Morgan fingerprint density at radius 2 is 1.72 bits per heavy atom. The van der Waals surface area contributed by atoms with Crippen molar-refractivity contribution in [1.82, 2.24) is 16.1 Å². The summed E-state index contributed by atoms with van der Waals surface area (Å²) in [6.45, 7) is 3.95. The Morgan fingerprint density at radius 1 is 1.00 bits per heavy atom. The molecule has 7 nitrogen and oxygen atoms in total. The zero-order chi connectivity index (χ0) is 23.5. The Morgan fingerprint density at radius 3 is 2.28 bits per heavy atom. The van der Waals surface area contributed by atoms with Crippen LogP contribution in [0.5, 0.6) is 0 Å². The molecule has 2 aromatic rings. The average molecular weight is 478 g/mol. The van der Waals surface area contributed by atoms with Crippen LogP contribution in [0.1, 0.15) is 25.8 Å². The Hall–Kier alpha value is -2.36.